The highest BCUT2D eigenvalue weighted by Crippen LogP contribution is 2.17. The summed E-state index contributed by atoms with van der Waals surface area (Å²) in [6.07, 6.45) is 0. The van der Waals surface area contributed by atoms with E-state index in [0.29, 0.717) is 22.0 Å². The van der Waals surface area contributed by atoms with Gasteiger partial charge in [-0.3, -0.25) is 4.79 Å². The van der Waals surface area contributed by atoms with Crippen LogP contribution in [0, 0.1) is 11.3 Å². The lowest BCUT2D eigenvalue weighted by molar-refractivity contribution is -0.149. The largest absolute Gasteiger partial charge is 0.482 e. The number of hydrogen-bond donors (Lipinski definition) is 1. The van der Waals surface area contributed by atoms with Gasteiger partial charge < -0.3 is 14.8 Å². The second-order valence-electron chi connectivity index (χ2n) is 4.61. The lowest BCUT2D eigenvalue weighted by Crippen LogP contribution is -2.24. The quantitative estimate of drug-likeness (QED) is 0.814. The Morgan fingerprint density at radius 3 is 2.67 bits per heavy atom. The molecule has 2 aromatic carbocycles. The molecule has 7 heteroatoms. The molecule has 0 aliphatic carbocycles. The second kappa shape index (κ2) is 8.56. The molecular weight excluding hydrogens is 332 g/mol. The Balaban J connectivity index is 1.77. The number of anilines is 1. The van der Waals surface area contributed by atoms with E-state index in [-0.39, 0.29) is 6.61 Å². The van der Waals surface area contributed by atoms with Gasteiger partial charge in [-0.2, -0.15) is 5.26 Å². The van der Waals surface area contributed by atoms with Gasteiger partial charge in [-0.15, -0.1) is 0 Å². The van der Waals surface area contributed by atoms with Gasteiger partial charge in [0.15, 0.2) is 13.2 Å². The van der Waals surface area contributed by atoms with Crippen LogP contribution >= 0.6 is 11.6 Å². The molecule has 0 fully saturated rings. The molecule has 0 spiro atoms. The first-order chi connectivity index (χ1) is 11.6. The van der Waals surface area contributed by atoms with E-state index in [1.54, 1.807) is 48.5 Å². The summed E-state index contributed by atoms with van der Waals surface area (Å²) in [4.78, 5) is 23.3. The first-order valence-electron chi connectivity index (χ1n) is 6.91. The summed E-state index contributed by atoms with van der Waals surface area (Å²) in [6.45, 7) is -0.820. The Morgan fingerprint density at radius 1 is 1.12 bits per heavy atom. The summed E-state index contributed by atoms with van der Waals surface area (Å²) in [5.41, 5.74) is 0.678. The number of para-hydroxylation sites is 1. The van der Waals surface area contributed by atoms with Crippen LogP contribution in [0.4, 0.5) is 5.69 Å². The number of rotatable bonds is 6. The summed E-state index contributed by atoms with van der Waals surface area (Å²) in [7, 11) is 0. The van der Waals surface area contributed by atoms with Gasteiger partial charge in [0.2, 0.25) is 0 Å². The van der Waals surface area contributed by atoms with E-state index in [4.69, 9.17) is 26.3 Å². The number of benzene rings is 2. The van der Waals surface area contributed by atoms with Gasteiger partial charge in [0.05, 0.1) is 11.3 Å². The van der Waals surface area contributed by atoms with Crippen molar-refractivity contribution in [3.8, 4) is 11.8 Å². The SMILES string of the molecule is N#Cc1ccccc1NC(=O)COC(=O)COc1cccc(Cl)c1. The van der Waals surface area contributed by atoms with Crippen LogP contribution in [-0.4, -0.2) is 25.1 Å². The highest BCUT2D eigenvalue weighted by molar-refractivity contribution is 6.30. The maximum atomic E-state index is 11.7. The van der Waals surface area contributed by atoms with E-state index >= 15 is 0 Å². The fourth-order valence-electron chi connectivity index (χ4n) is 1.76. The number of carbonyl (C=O) groups excluding carboxylic acids is 2. The molecule has 0 aromatic heterocycles. The first-order valence-corrected chi connectivity index (χ1v) is 7.29. The molecule has 0 bridgehead atoms. The molecule has 0 unspecified atom stereocenters. The molecular formula is C17H13ClN2O4. The van der Waals surface area contributed by atoms with Gasteiger partial charge in [0, 0.05) is 5.02 Å². The maximum Gasteiger partial charge on any atom is 0.344 e. The molecule has 1 amide bonds. The fourth-order valence-corrected chi connectivity index (χ4v) is 1.94. The van der Waals surface area contributed by atoms with Crippen LogP contribution in [0.2, 0.25) is 5.02 Å². The van der Waals surface area contributed by atoms with E-state index in [0.717, 1.165) is 0 Å². The number of hydrogen-bond acceptors (Lipinski definition) is 5. The van der Waals surface area contributed by atoms with Gasteiger partial charge in [0.25, 0.3) is 5.91 Å². The van der Waals surface area contributed by atoms with Crippen LogP contribution in [0.1, 0.15) is 5.56 Å². The molecule has 0 heterocycles. The predicted octanol–water partition coefficient (Wildman–Crippen LogP) is 2.77. The summed E-state index contributed by atoms with van der Waals surface area (Å²) >= 11 is 5.79. The van der Waals surface area contributed by atoms with Crippen LogP contribution in [0.3, 0.4) is 0 Å². The third-order valence-corrected chi connectivity index (χ3v) is 3.07. The van der Waals surface area contributed by atoms with Crippen molar-refractivity contribution < 1.29 is 19.1 Å². The van der Waals surface area contributed by atoms with Gasteiger partial charge in [-0.05, 0) is 30.3 Å². The molecule has 0 saturated carbocycles. The van der Waals surface area contributed by atoms with Crippen molar-refractivity contribution in [1.29, 1.82) is 5.26 Å². The number of nitrogens with one attached hydrogen (secondary N) is 1. The molecule has 2 rings (SSSR count). The van der Waals surface area contributed by atoms with Crippen molar-refractivity contribution in [2.45, 2.75) is 0 Å². The standard InChI is InChI=1S/C17H13ClN2O4/c18-13-5-3-6-14(8-13)23-11-17(22)24-10-16(21)20-15-7-2-1-4-12(15)9-19/h1-8H,10-11H2,(H,20,21). The third kappa shape index (κ3) is 5.30. The van der Waals surface area contributed by atoms with E-state index in [2.05, 4.69) is 5.32 Å². The molecule has 0 radical (unpaired) electrons. The summed E-state index contributed by atoms with van der Waals surface area (Å²) < 4.78 is 10.0. The van der Waals surface area contributed by atoms with Gasteiger partial charge >= 0.3 is 5.97 Å². The smallest absolute Gasteiger partial charge is 0.344 e. The molecule has 1 N–H and O–H groups in total. The van der Waals surface area contributed by atoms with Crippen molar-refractivity contribution in [1.82, 2.24) is 0 Å². The minimum atomic E-state index is -0.696. The summed E-state index contributed by atoms with van der Waals surface area (Å²) in [6, 6.07) is 15.0. The minimum Gasteiger partial charge on any atom is -0.482 e. The van der Waals surface area contributed by atoms with Crippen LogP contribution in [0.15, 0.2) is 48.5 Å². The van der Waals surface area contributed by atoms with E-state index in [9.17, 15) is 9.59 Å². The Kier molecular flexibility index (Phi) is 6.17. The number of nitrogens with zero attached hydrogens (tertiary/aromatic N) is 1. The zero-order valence-electron chi connectivity index (χ0n) is 12.5. The van der Waals surface area contributed by atoms with Crippen molar-refractivity contribution in [3.05, 3.63) is 59.1 Å². The molecule has 0 aliphatic rings. The lowest BCUT2D eigenvalue weighted by atomic mass is 10.2. The van der Waals surface area contributed by atoms with Crippen molar-refractivity contribution in [3.63, 3.8) is 0 Å². The van der Waals surface area contributed by atoms with Crippen LogP contribution < -0.4 is 10.1 Å². The van der Waals surface area contributed by atoms with Gasteiger partial charge in [0.1, 0.15) is 11.8 Å². The van der Waals surface area contributed by atoms with E-state index in [1.807, 2.05) is 6.07 Å². The molecule has 24 heavy (non-hydrogen) atoms. The molecule has 2 aromatic rings. The molecule has 122 valence electrons. The predicted molar refractivity (Wildman–Crippen MR) is 87.7 cm³/mol. The van der Waals surface area contributed by atoms with E-state index < -0.39 is 18.5 Å². The zero-order valence-corrected chi connectivity index (χ0v) is 13.2. The van der Waals surface area contributed by atoms with Crippen molar-refractivity contribution in [2.24, 2.45) is 0 Å². The van der Waals surface area contributed by atoms with Gasteiger partial charge in [-0.1, -0.05) is 29.8 Å². The van der Waals surface area contributed by atoms with Crippen molar-refractivity contribution >= 4 is 29.2 Å². The average molecular weight is 345 g/mol. The maximum absolute atomic E-state index is 11.7. The summed E-state index contributed by atoms with van der Waals surface area (Å²) in [5, 5.41) is 11.9. The number of halogens is 1. The monoisotopic (exact) mass is 344 g/mol. The molecule has 0 atom stereocenters. The third-order valence-electron chi connectivity index (χ3n) is 2.84. The highest BCUT2D eigenvalue weighted by Gasteiger charge is 2.10. The highest BCUT2D eigenvalue weighted by atomic mass is 35.5. The normalized spacial score (nSPS) is 9.67. The molecule has 6 nitrogen and oxygen atoms in total. The second-order valence-corrected chi connectivity index (χ2v) is 5.05. The summed E-state index contributed by atoms with van der Waals surface area (Å²) in [5.74, 6) is -0.820. The first kappa shape index (κ1) is 17.3. The zero-order chi connectivity index (χ0) is 17.4. The number of esters is 1. The fraction of sp³-hybridized carbons (Fsp3) is 0.118. The molecule has 0 saturated heterocycles. The average Bonchev–Trinajstić information content (AvgIpc) is 2.58. The Morgan fingerprint density at radius 2 is 1.92 bits per heavy atom. The molecule has 0 aliphatic heterocycles. The lowest BCUT2D eigenvalue weighted by Gasteiger charge is -2.08. The topological polar surface area (TPSA) is 88.4 Å². The minimum absolute atomic E-state index is 0.321. The Labute approximate surface area is 143 Å². The van der Waals surface area contributed by atoms with Crippen LogP contribution in [0.5, 0.6) is 5.75 Å². The number of amides is 1. The number of carbonyl (C=O) groups is 2. The Hall–Kier alpha value is -3.04. The van der Waals surface area contributed by atoms with Crippen LogP contribution in [0.25, 0.3) is 0 Å². The van der Waals surface area contributed by atoms with E-state index in [1.165, 1.54) is 0 Å². The number of nitriles is 1. The van der Waals surface area contributed by atoms with Gasteiger partial charge in [-0.25, -0.2) is 4.79 Å². The number of ether oxygens (including phenoxy) is 2. The Bertz CT molecular complexity index is 786. The van der Waals surface area contributed by atoms with Crippen molar-refractivity contribution in [2.75, 3.05) is 18.5 Å². The van der Waals surface area contributed by atoms with Crippen LogP contribution in [-0.2, 0) is 14.3 Å².